The van der Waals surface area contributed by atoms with Gasteiger partial charge in [-0.25, -0.2) is 0 Å². The number of carbonyl (C=O) groups excluding carboxylic acids is 1. The van der Waals surface area contributed by atoms with Gasteiger partial charge in [0.25, 0.3) is 11.8 Å². The van der Waals surface area contributed by atoms with Crippen molar-refractivity contribution < 1.29 is 13.7 Å². The van der Waals surface area contributed by atoms with Gasteiger partial charge >= 0.3 is 0 Å². The molecule has 0 fully saturated rings. The number of furan rings is 1. The Labute approximate surface area is 120 Å². The van der Waals surface area contributed by atoms with E-state index in [1.54, 1.807) is 19.1 Å². The van der Waals surface area contributed by atoms with Crippen molar-refractivity contribution in [1.29, 1.82) is 0 Å². The molecule has 0 atom stereocenters. The van der Waals surface area contributed by atoms with Crippen molar-refractivity contribution in [1.82, 2.24) is 10.1 Å². The van der Waals surface area contributed by atoms with E-state index in [1.807, 2.05) is 25.1 Å². The normalized spacial score (nSPS) is 10.6. The van der Waals surface area contributed by atoms with Gasteiger partial charge in [-0.1, -0.05) is 11.2 Å². The molecule has 1 N–H and O–H groups in total. The van der Waals surface area contributed by atoms with Crippen molar-refractivity contribution in [2.24, 2.45) is 0 Å². The van der Waals surface area contributed by atoms with E-state index in [0.717, 1.165) is 11.1 Å². The van der Waals surface area contributed by atoms with Crippen LogP contribution in [0.25, 0.3) is 11.5 Å². The van der Waals surface area contributed by atoms with Gasteiger partial charge in [-0.3, -0.25) is 4.79 Å². The number of anilines is 1. The Kier molecular flexibility index (Phi) is 3.27. The Balaban J connectivity index is 1.92. The van der Waals surface area contributed by atoms with Crippen LogP contribution in [-0.4, -0.2) is 16.0 Å². The monoisotopic (exact) mass is 283 g/mol. The van der Waals surface area contributed by atoms with Gasteiger partial charge in [0.1, 0.15) is 0 Å². The molecule has 0 spiro atoms. The summed E-state index contributed by atoms with van der Waals surface area (Å²) in [6.07, 6.45) is 1.46. The summed E-state index contributed by atoms with van der Waals surface area (Å²) >= 11 is 0. The highest BCUT2D eigenvalue weighted by Gasteiger charge is 2.15. The second kappa shape index (κ2) is 5.24. The van der Waals surface area contributed by atoms with E-state index in [1.165, 1.54) is 6.26 Å². The number of hydrogen-bond donors (Lipinski definition) is 1. The standard InChI is InChI=1S/C15H13N3O3/c1-9-11(15-16-10(2)18-21-15)5-3-6-12(9)17-14(19)13-7-4-8-20-13/h3-8H,1-2H3,(H,17,19). The molecule has 0 bridgehead atoms. The van der Waals surface area contributed by atoms with Crippen LogP contribution in [0.2, 0.25) is 0 Å². The van der Waals surface area contributed by atoms with Crippen LogP contribution in [0.3, 0.4) is 0 Å². The predicted octanol–water partition coefficient (Wildman–Crippen LogP) is 3.20. The van der Waals surface area contributed by atoms with Crippen LogP contribution in [0.5, 0.6) is 0 Å². The molecule has 21 heavy (non-hydrogen) atoms. The minimum atomic E-state index is -0.304. The molecule has 0 radical (unpaired) electrons. The van der Waals surface area contributed by atoms with E-state index >= 15 is 0 Å². The van der Waals surface area contributed by atoms with Gasteiger partial charge in [-0.2, -0.15) is 4.98 Å². The number of rotatable bonds is 3. The maximum Gasteiger partial charge on any atom is 0.291 e. The number of nitrogens with zero attached hydrogens (tertiary/aromatic N) is 2. The molecule has 0 aliphatic carbocycles. The Bertz CT molecular complexity index is 775. The average molecular weight is 283 g/mol. The molecule has 106 valence electrons. The number of hydrogen-bond acceptors (Lipinski definition) is 5. The molecule has 0 aliphatic heterocycles. The number of aromatic nitrogens is 2. The highest BCUT2D eigenvalue weighted by Crippen LogP contribution is 2.27. The van der Waals surface area contributed by atoms with Crippen LogP contribution < -0.4 is 5.32 Å². The largest absolute Gasteiger partial charge is 0.459 e. The van der Waals surface area contributed by atoms with Crippen molar-refractivity contribution in [2.45, 2.75) is 13.8 Å². The second-order valence-corrected chi connectivity index (χ2v) is 4.56. The van der Waals surface area contributed by atoms with E-state index < -0.39 is 0 Å². The zero-order valence-corrected chi connectivity index (χ0v) is 11.6. The summed E-state index contributed by atoms with van der Waals surface area (Å²) in [7, 11) is 0. The average Bonchev–Trinajstić information content (AvgIpc) is 3.12. The minimum absolute atomic E-state index is 0.258. The summed E-state index contributed by atoms with van der Waals surface area (Å²) in [6, 6.07) is 8.77. The fourth-order valence-electron chi connectivity index (χ4n) is 2.00. The molecule has 0 unspecified atom stereocenters. The van der Waals surface area contributed by atoms with Crippen molar-refractivity contribution in [2.75, 3.05) is 5.32 Å². The predicted molar refractivity (Wildman–Crippen MR) is 75.9 cm³/mol. The fraction of sp³-hybridized carbons (Fsp3) is 0.133. The fourth-order valence-corrected chi connectivity index (χ4v) is 2.00. The lowest BCUT2D eigenvalue weighted by Gasteiger charge is -2.09. The molecule has 2 heterocycles. The highest BCUT2D eigenvalue weighted by atomic mass is 16.5. The first kappa shape index (κ1) is 13.1. The van der Waals surface area contributed by atoms with Crippen LogP contribution in [0, 0.1) is 13.8 Å². The maximum absolute atomic E-state index is 12.0. The van der Waals surface area contributed by atoms with Crippen LogP contribution in [0.1, 0.15) is 21.9 Å². The second-order valence-electron chi connectivity index (χ2n) is 4.56. The summed E-state index contributed by atoms with van der Waals surface area (Å²) in [4.78, 5) is 16.2. The molecule has 0 aliphatic rings. The number of carbonyl (C=O) groups is 1. The lowest BCUT2D eigenvalue weighted by atomic mass is 10.1. The van der Waals surface area contributed by atoms with Crippen molar-refractivity contribution in [3.05, 3.63) is 53.7 Å². The lowest BCUT2D eigenvalue weighted by Crippen LogP contribution is -2.12. The zero-order chi connectivity index (χ0) is 14.8. The van der Waals surface area contributed by atoms with E-state index in [9.17, 15) is 4.79 Å². The third kappa shape index (κ3) is 2.55. The summed E-state index contributed by atoms with van der Waals surface area (Å²) in [5.74, 6) is 0.948. The Hall–Kier alpha value is -2.89. The molecule has 3 aromatic rings. The summed E-state index contributed by atoms with van der Waals surface area (Å²) in [5, 5.41) is 6.58. The summed E-state index contributed by atoms with van der Waals surface area (Å²) in [5.41, 5.74) is 2.30. The quantitative estimate of drug-likeness (QED) is 0.798. The topological polar surface area (TPSA) is 81.2 Å². The molecule has 1 aromatic carbocycles. The maximum atomic E-state index is 12.0. The summed E-state index contributed by atoms with van der Waals surface area (Å²) < 4.78 is 10.2. The van der Waals surface area contributed by atoms with E-state index in [0.29, 0.717) is 17.4 Å². The molecular weight excluding hydrogens is 270 g/mol. The number of aryl methyl sites for hydroxylation is 1. The molecule has 6 heteroatoms. The molecule has 3 rings (SSSR count). The SMILES string of the molecule is Cc1noc(-c2cccc(NC(=O)c3ccco3)c2C)n1. The van der Waals surface area contributed by atoms with Crippen LogP contribution >= 0.6 is 0 Å². The van der Waals surface area contributed by atoms with Crippen LogP contribution in [0.4, 0.5) is 5.69 Å². The number of amides is 1. The molecule has 0 saturated heterocycles. The van der Waals surface area contributed by atoms with Crippen LogP contribution in [0.15, 0.2) is 45.5 Å². The van der Waals surface area contributed by atoms with Gasteiger partial charge < -0.3 is 14.3 Å². The summed E-state index contributed by atoms with van der Waals surface area (Å²) in [6.45, 7) is 3.64. The molecule has 6 nitrogen and oxygen atoms in total. The third-order valence-corrected chi connectivity index (χ3v) is 3.08. The van der Waals surface area contributed by atoms with Crippen LogP contribution in [-0.2, 0) is 0 Å². The first-order valence-electron chi connectivity index (χ1n) is 6.40. The van der Waals surface area contributed by atoms with Gasteiger partial charge in [-0.15, -0.1) is 0 Å². The number of benzene rings is 1. The smallest absolute Gasteiger partial charge is 0.291 e. The van der Waals surface area contributed by atoms with Gasteiger partial charge in [0.2, 0.25) is 0 Å². The molecule has 0 saturated carbocycles. The van der Waals surface area contributed by atoms with Gasteiger partial charge in [0.05, 0.1) is 6.26 Å². The Morgan fingerprint density at radius 1 is 1.19 bits per heavy atom. The minimum Gasteiger partial charge on any atom is -0.459 e. The first-order valence-corrected chi connectivity index (χ1v) is 6.40. The van der Waals surface area contributed by atoms with E-state index in [-0.39, 0.29) is 11.7 Å². The lowest BCUT2D eigenvalue weighted by molar-refractivity contribution is 0.0996. The highest BCUT2D eigenvalue weighted by molar-refractivity contribution is 6.03. The van der Waals surface area contributed by atoms with Crippen molar-refractivity contribution in [3.8, 4) is 11.5 Å². The van der Waals surface area contributed by atoms with Gasteiger partial charge in [0, 0.05) is 11.3 Å². The van der Waals surface area contributed by atoms with Crippen molar-refractivity contribution in [3.63, 3.8) is 0 Å². The third-order valence-electron chi connectivity index (χ3n) is 3.08. The van der Waals surface area contributed by atoms with E-state index in [4.69, 9.17) is 8.94 Å². The van der Waals surface area contributed by atoms with Gasteiger partial charge in [0.15, 0.2) is 11.6 Å². The number of nitrogens with one attached hydrogen (secondary N) is 1. The Morgan fingerprint density at radius 3 is 2.71 bits per heavy atom. The van der Waals surface area contributed by atoms with E-state index in [2.05, 4.69) is 15.5 Å². The van der Waals surface area contributed by atoms with Crippen molar-refractivity contribution >= 4 is 11.6 Å². The van der Waals surface area contributed by atoms with Gasteiger partial charge in [-0.05, 0) is 43.7 Å². The molecule has 2 aromatic heterocycles. The first-order chi connectivity index (χ1) is 10.1. The molecule has 1 amide bonds. The molecular formula is C15H13N3O3. The zero-order valence-electron chi connectivity index (χ0n) is 11.6. The Morgan fingerprint density at radius 2 is 2.05 bits per heavy atom.